The zero-order chi connectivity index (χ0) is 17.5. The summed E-state index contributed by atoms with van der Waals surface area (Å²) < 4.78 is 10.9. The van der Waals surface area contributed by atoms with Gasteiger partial charge in [0.15, 0.2) is 0 Å². The maximum atomic E-state index is 11.8. The Labute approximate surface area is 150 Å². The van der Waals surface area contributed by atoms with Crippen molar-refractivity contribution in [3.05, 3.63) is 76.1 Å². The third-order valence-electron chi connectivity index (χ3n) is 3.38. The minimum atomic E-state index is -0.171. The predicted octanol–water partition coefficient (Wildman–Crippen LogP) is 3.95. The number of rotatable bonds is 7. The van der Waals surface area contributed by atoms with E-state index < -0.39 is 0 Å². The lowest BCUT2D eigenvalue weighted by molar-refractivity contribution is -0.116. The van der Waals surface area contributed by atoms with Crippen molar-refractivity contribution in [3.8, 4) is 5.75 Å². The summed E-state index contributed by atoms with van der Waals surface area (Å²) in [5.41, 5.74) is 1.85. The molecule has 0 spiro atoms. The molecule has 0 aliphatic rings. The van der Waals surface area contributed by atoms with Gasteiger partial charge in [0.2, 0.25) is 5.91 Å². The highest BCUT2D eigenvalue weighted by atomic mass is 32.1. The van der Waals surface area contributed by atoms with Gasteiger partial charge in [-0.3, -0.25) is 4.79 Å². The van der Waals surface area contributed by atoms with Crippen molar-refractivity contribution in [1.82, 2.24) is 10.3 Å². The number of nitrogens with one attached hydrogen (secondary N) is 1. The van der Waals surface area contributed by atoms with E-state index in [1.54, 1.807) is 29.7 Å². The first kappa shape index (κ1) is 17.0. The summed E-state index contributed by atoms with van der Waals surface area (Å²) in [5, 5.41) is 5.78. The summed E-state index contributed by atoms with van der Waals surface area (Å²) in [5.74, 6) is 1.32. The standard InChI is InChI=1S/C19H18N2O3S/c1-14-21-16(13-25-14)12-24-17-7-4-15(5-8-17)6-9-19(22)20-11-18-3-2-10-23-18/h2-10,13H,11-12H2,1H3,(H,20,22). The number of ether oxygens (including phenoxy) is 1. The summed E-state index contributed by atoms with van der Waals surface area (Å²) in [7, 11) is 0. The van der Waals surface area contributed by atoms with Crippen LogP contribution in [0.5, 0.6) is 5.75 Å². The highest BCUT2D eigenvalue weighted by Crippen LogP contribution is 2.16. The Balaban J connectivity index is 1.47. The fourth-order valence-corrected chi connectivity index (χ4v) is 2.72. The second-order valence-corrected chi connectivity index (χ2v) is 6.41. The quantitative estimate of drug-likeness (QED) is 0.653. The molecule has 0 aliphatic heterocycles. The van der Waals surface area contributed by atoms with Gasteiger partial charge in [-0.25, -0.2) is 4.98 Å². The average molecular weight is 354 g/mol. The molecular formula is C19H18N2O3S. The van der Waals surface area contributed by atoms with Gasteiger partial charge in [-0.05, 0) is 42.8 Å². The second kappa shape index (κ2) is 8.30. The molecule has 0 atom stereocenters. The lowest BCUT2D eigenvalue weighted by Crippen LogP contribution is -2.19. The van der Waals surface area contributed by atoms with E-state index in [4.69, 9.17) is 9.15 Å². The molecule has 1 aromatic carbocycles. The van der Waals surface area contributed by atoms with Crippen molar-refractivity contribution in [3.63, 3.8) is 0 Å². The van der Waals surface area contributed by atoms with E-state index in [9.17, 15) is 4.79 Å². The fraction of sp³-hybridized carbons (Fsp3) is 0.158. The van der Waals surface area contributed by atoms with Crippen LogP contribution in [0.3, 0.4) is 0 Å². The van der Waals surface area contributed by atoms with Gasteiger partial charge >= 0.3 is 0 Å². The van der Waals surface area contributed by atoms with Crippen LogP contribution in [-0.2, 0) is 17.9 Å². The van der Waals surface area contributed by atoms with Crippen molar-refractivity contribution in [2.45, 2.75) is 20.1 Å². The zero-order valence-corrected chi connectivity index (χ0v) is 14.6. The predicted molar refractivity (Wildman–Crippen MR) is 97.2 cm³/mol. The second-order valence-electron chi connectivity index (χ2n) is 5.35. The minimum Gasteiger partial charge on any atom is -0.487 e. The van der Waals surface area contributed by atoms with Crippen LogP contribution in [0.2, 0.25) is 0 Å². The van der Waals surface area contributed by atoms with Crippen LogP contribution in [0.15, 0.2) is 58.5 Å². The molecular weight excluding hydrogens is 336 g/mol. The van der Waals surface area contributed by atoms with Crippen LogP contribution in [0.25, 0.3) is 6.08 Å². The molecule has 1 N–H and O–H groups in total. The molecule has 0 bridgehead atoms. The Morgan fingerprint density at radius 1 is 1.32 bits per heavy atom. The van der Waals surface area contributed by atoms with E-state index >= 15 is 0 Å². The molecule has 3 rings (SSSR count). The Morgan fingerprint density at radius 2 is 2.16 bits per heavy atom. The number of hydrogen-bond acceptors (Lipinski definition) is 5. The van der Waals surface area contributed by atoms with Crippen LogP contribution in [-0.4, -0.2) is 10.9 Å². The Morgan fingerprint density at radius 3 is 2.84 bits per heavy atom. The van der Waals surface area contributed by atoms with Crippen LogP contribution >= 0.6 is 11.3 Å². The van der Waals surface area contributed by atoms with Gasteiger partial charge in [0, 0.05) is 11.5 Å². The van der Waals surface area contributed by atoms with Crippen molar-refractivity contribution < 1.29 is 13.9 Å². The van der Waals surface area contributed by atoms with Crippen LogP contribution in [0.1, 0.15) is 22.0 Å². The molecule has 5 nitrogen and oxygen atoms in total. The number of benzene rings is 1. The number of carbonyl (C=O) groups excluding carboxylic acids is 1. The Kier molecular flexibility index (Phi) is 5.64. The van der Waals surface area contributed by atoms with Crippen molar-refractivity contribution >= 4 is 23.3 Å². The molecule has 0 radical (unpaired) electrons. The summed E-state index contributed by atoms with van der Waals surface area (Å²) in [4.78, 5) is 16.1. The molecule has 0 unspecified atom stereocenters. The van der Waals surface area contributed by atoms with Gasteiger partial charge in [-0.2, -0.15) is 0 Å². The molecule has 128 valence electrons. The van der Waals surface area contributed by atoms with Gasteiger partial charge in [-0.1, -0.05) is 12.1 Å². The molecule has 0 aliphatic carbocycles. The third kappa shape index (κ3) is 5.32. The van der Waals surface area contributed by atoms with E-state index in [0.717, 1.165) is 27.8 Å². The molecule has 0 saturated heterocycles. The minimum absolute atomic E-state index is 0.171. The smallest absolute Gasteiger partial charge is 0.244 e. The maximum absolute atomic E-state index is 11.8. The van der Waals surface area contributed by atoms with Gasteiger partial charge in [0.1, 0.15) is 18.1 Å². The SMILES string of the molecule is Cc1nc(COc2ccc(C=CC(=O)NCc3ccco3)cc2)cs1. The Bertz CT molecular complexity index is 836. The highest BCUT2D eigenvalue weighted by molar-refractivity contribution is 7.09. The van der Waals surface area contributed by atoms with Gasteiger partial charge in [0.25, 0.3) is 0 Å². The van der Waals surface area contributed by atoms with Crippen LogP contribution in [0.4, 0.5) is 0 Å². The van der Waals surface area contributed by atoms with E-state index in [0.29, 0.717) is 13.2 Å². The van der Waals surface area contributed by atoms with Gasteiger partial charge in [0.05, 0.1) is 23.5 Å². The highest BCUT2D eigenvalue weighted by Gasteiger charge is 2.01. The molecule has 1 amide bonds. The number of aromatic nitrogens is 1. The number of hydrogen-bond donors (Lipinski definition) is 1. The molecule has 3 aromatic rings. The largest absolute Gasteiger partial charge is 0.487 e. The summed E-state index contributed by atoms with van der Waals surface area (Å²) in [6, 6.07) is 11.2. The van der Waals surface area contributed by atoms with Gasteiger partial charge in [-0.15, -0.1) is 11.3 Å². The molecule has 0 fully saturated rings. The lowest BCUT2D eigenvalue weighted by atomic mass is 10.2. The van der Waals surface area contributed by atoms with E-state index in [-0.39, 0.29) is 5.91 Å². The lowest BCUT2D eigenvalue weighted by Gasteiger charge is -2.04. The molecule has 0 saturated carbocycles. The zero-order valence-electron chi connectivity index (χ0n) is 13.8. The number of amides is 1. The Hall–Kier alpha value is -2.86. The van der Waals surface area contributed by atoms with Crippen molar-refractivity contribution in [2.24, 2.45) is 0 Å². The number of nitrogens with zero attached hydrogens (tertiary/aromatic N) is 1. The van der Waals surface area contributed by atoms with E-state index in [1.807, 2.05) is 42.6 Å². The normalized spacial score (nSPS) is 10.9. The molecule has 2 heterocycles. The number of furan rings is 1. The van der Waals surface area contributed by atoms with E-state index in [1.165, 1.54) is 6.08 Å². The third-order valence-corrected chi connectivity index (χ3v) is 4.20. The van der Waals surface area contributed by atoms with E-state index in [2.05, 4.69) is 10.3 Å². The molecule has 2 aromatic heterocycles. The number of thiazole rings is 1. The summed E-state index contributed by atoms with van der Waals surface area (Å²) in [6.45, 7) is 2.80. The fourth-order valence-electron chi connectivity index (χ4n) is 2.13. The van der Waals surface area contributed by atoms with Gasteiger partial charge < -0.3 is 14.5 Å². The first-order valence-electron chi connectivity index (χ1n) is 7.81. The first-order chi connectivity index (χ1) is 12.2. The summed E-state index contributed by atoms with van der Waals surface area (Å²) >= 11 is 1.61. The van der Waals surface area contributed by atoms with Crippen LogP contribution < -0.4 is 10.1 Å². The molecule has 6 heteroatoms. The van der Waals surface area contributed by atoms with Crippen molar-refractivity contribution in [1.29, 1.82) is 0 Å². The number of carbonyl (C=O) groups is 1. The monoisotopic (exact) mass is 354 g/mol. The molecule has 25 heavy (non-hydrogen) atoms. The number of aryl methyl sites for hydroxylation is 1. The first-order valence-corrected chi connectivity index (χ1v) is 8.69. The average Bonchev–Trinajstić information content (AvgIpc) is 3.29. The van der Waals surface area contributed by atoms with Crippen molar-refractivity contribution in [2.75, 3.05) is 0 Å². The maximum Gasteiger partial charge on any atom is 0.244 e. The summed E-state index contributed by atoms with van der Waals surface area (Å²) in [6.07, 6.45) is 4.83. The topological polar surface area (TPSA) is 64.4 Å². The van der Waals surface area contributed by atoms with Crippen LogP contribution in [0, 0.1) is 6.92 Å².